The van der Waals surface area contributed by atoms with Crippen molar-refractivity contribution in [2.24, 2.45) is 11.5 Å². The third-order valence-corrected chi connectivity index (χ3v) is 3.05. The topological polar surface area (TPSA) is 86.2 Å². The van der Waals surface area contributed by atoms with Gasteiger partial charge in [0.1, 0.15) is 0 Å². The summed E-state index contributed by atoms with van der Waals surface area (Å²) in [5.41, 5.74) is 9.94. The molecule has 0 aliphatic heterocycles. The van der Waals surface area contributed by atoms with E-state index in [-0.39, 0.29) is 92.4 Å². The van der Waals surface area contributed by atoms with Gasteiger partial charge in [0.25, 0.3) is 0 Å². The van der Waals surface area contributed by atoms with Crippen molar-refractivity contribution in [1.82, 2.24) is 0 Å². The number of hydrogen-bond acceptors (Lipinski definition) is 2. The molecule has 0 saturated carbocycles. The second-order valence-electron chi connectivity index (χ2n) is 5.26. The average molecular weight is 515 g/mol. The molecule has 0 aromatic heterocycles. The van der Waals surface area contributed by atoms with Crippen molar-refractivity contribution in [3.05, 3.63) is 0 Å². The van der Waals surface area contributed by atoms with Crippen LogP contribution in [0.2, 0.25) is 0 Å². The number of amides is 2. The number of primary amides is 2. The van der Waals surface area contributed by atoms with Gasteiger partial charge in [0.05, 0.1) is 0 Å². The van der Waals surface area contributed by atoms with E-state index < -0.39 is 0 Å². The summed E-state index contributed by atoms with van der Waals surface area (Å²) in [5.74, 6) is -0.340. The zero-order valence-electron chi connectivity index (χ0n) is 15.8. The fourth-order valence-electron chi connectivity index (χ4n) is 1.81. The molecule has 2 amide bonds. The van der Waals surface area contributed by atoms with E-state index in [4.69, 9.17) is 11.5 Å². The van der Waals surface area contributed by atoms with Gasteiger partial charge in [-0.3, -0.25) is 9.59 Å². The smallest absolute Gasteiger partial charge is 1.00 e. The van der Waals surface area contributed by atoms with Crippen LogP contribution in [0.5, 0.6) is 0 Å². The van der Waals surface area contributed by atoms with E-state index in [9.17, 15) is 9.59 Å². The van der Waals surface area contributed by atoms with Crippen LogP contribution in [-0.4, -0.2) is 11.8 Å². The third-order valence-electron chi connectivity index (χ3n) is 3.05. The SMILES string of the molecule is CCCCCCCC(N)=O.CCCCCCCC(N)=O.[Cl-].[Cl-].[Cl-].[Cl-].[Cl-].[V+5]. The summed E-state index contributed by atoms with van der Waals surface area (Å²) in [5, 5.41) is 0. The minimum Gasteiger partial charge on any atom is -1.00 e. The van der Waals surface area contributed by atoms with E-state index in [2.05, 4.69) is 13.8 Å². The number of unbranched alkanes of at least 4 members (excludes halogenated alkanes) is 8. The van der Waals surface area contributed by atoms with Gasteiger partial charge in [0, 0.05) is 12.8 Å². The van der Waals surface area contributed by atoms with E-state index in [1.54, 1.807) is 0 Å². The van der Waals surface area contributed by atoms with E-state index >= 15 is 0 Å². The van der Waals surface area contributed by atoms with Gasteiger partial charge in [-0.2, -0.15) is 0 Å². The van der Waals surface area contributed by atoms with E-state index in [0.717, 1.165) is 25.7 Å². The quantitative estimate of drug-likeness (QED) is 0.254. The van der Waals surface area contributed by atoms with Gasteiger partial charge >= 0.3 is 18.6 Å². The fraction of sp³-hybridized carbons (Fsp3) is 0.875. The number of hydrogen-bond donors (Lipinski definition) is 2. The molecule has 0 fully saturated rings. The summed E-state index contributed by atoms with van der Waals surface area (Å²) in [4.78, 5) is 20.5. The minimum atomic E-state index is -0.170. The monoisotopic (exact) mass is 512 g/mol. The van der Waals surface area contributed by atoms with Crippen molar-refractivity contribution >= 4 is 11.8 Å². The van der Waals surface area contributed by atoms with Crippen LogP contribution in [0.3, 0.4) is 0 Å². The summed E-state index contributed by atoms with van der Waals surface area (Å²) in [7, 11) is 0. The summed E-state index contributed by atoms with van der Waals surface area (Å²) < 4.78 is 0. The fourth-order valence-corrected chi connectivity index (χ4v) is 1.81. The van der Waals surface area contributed by atoms with Gasteiger partial charge in [-0.05, 0) is 12.8 Å². The third kappa shape index (κ3) is 64.0. The maximum atomic E-state index is 10.3. The molecule has 0 aromatic carbocycles. The van der Waals surface area contributed by atoms with Gasteiger partial charge in [-0.1, -0.05) is 65.2 Å². The zero-order chi connectivity index (χ0) is 15.6. The number of rotatable bonds is 12. The van der Waals surface area contributed by atoms with E-state index in [0.29, 0.717) is 12.8 Å². The minimum absolute atomic E-state index is 0. The van der Waals surface area contributed by atoms with Crippen molar-refractivity contribution in [1.29, 1.82) is 0 Å². The molecule has 0 aliphatic carbocycles. The Balaban J connectivity index is -0.0000000337. The molecule has 0 saturated heterocycles. The molecule has 0 unspecified atom stereocenters. The summed E-state index contributed by atoms with van der Waals surface area (Å²) in [6, 6.07) is 0. The van der Waals surface area contributed by atoms with Gasteiger partial charge in [-0.25, -0.2) is 0 Å². The summed E-state index contributed by atoms with van der Waals surface area (Å²) >= 11 is 0. The van der Waals surface area contributed by atoms with Crippen LogP contribution in [0, 0.1) is 0 Å². The molecule has 0 heterocycles. The molecule has 4 N–H and O–H groups in total. The largest absolute Gasteiger partial charge is 5.00 e. The van der Waals surface area contributed by atoms with E-state index in [1.165, 1.54) is 38.5 Å². The van der Waals surface area contributed by atoms with Crippen LogP contribution in [0.25, 0.3) is 0 Å². The van der Waals surface area contributed by atoms with Gasteiger partial charge < -0.3 is 73.5 Å². The van der Waals surface area contributed by atoms with Crippen LogP contribution in [0.15, 0.2) is 0 Å². The number of carbonyl (C=O) groups is 2. The van der Waals surface area contributed by atoms with Crippen LogP contribution < -0.4 is 73.5 Å². The molecule has 160 valence electrons. The Labute approximate surface area is 203 Å². The zero-order valence-corrected chi connectivity index (χ0v) is 21.0. The Bertz CT molecular complexity index is 231. The molecule has 4 nitrogen and oxygen atoms in total. The Hall–Kier alpha value is 0.974. The molecule has 0 atom stereocenters. The molecule has 0 rings (SSSR count). The maximum absolute atomic E-state index is 10.3. The predicted molar refractivity (Wildman–Crippen MR) is 85.1 cm³/mol. The molecule has 26 heavy (non-hydrogen) atoms. The van der Waals surface area contributed by atoms with Crippen molar-refractivity contribution in [3.8, 4) is 0 Å². The van der Waals surface area contributed by atoms with Crippen LogP contribution in [-0.2, 0) is 28.1 Å². The molecule has 0 bridgehead atoms. The first-order valence-electron chi connectivity index (χ1n) is 8.11. The number of halogens is 5. The average Bonchev–Trinajstić information content (AvgIpc) is 2.38. The molecule has 0 aromatic rings. The van der Waals surface area contributed by atoms with Crippen LogP contribution in [0.1, 0.15) is 90.9 Å². The molecule has 0 radical (unpaired) electrons. The van der Waals surface area contributed by atoms with Crippen molar-refractivity contribution in [2.45, 2.75) is 90.9 Å². The van der Waals surface area contributed by atoms with Crippen LogP contribution >= 0.6 is 0 Å². The standard InChI is InChI=1S/2C8H17NO.5ClH.V/c2*1-2-3-4-5-6-7-8(9)10;;;;;;/h2*2-7H2,1H3,(H2,9,10);5*1H;/q;;;;;;;+5/p-5. The first-order valence-corrected chi connectivity index (χ1v) is 8.11. The van der Waals surface area contributed by atoms with Crippen molar-refractivity contribution in [3.63, 3.8) is 0 Å². The first-order chi connectivity index (χ1) is 9.54. The Morgan fingerprint density at radius 2 is 0.769 bits per heavy atom. The van der Waals surface area contributed by atoms with Crippen molar-refractivity contribution in [2.75, 3.05) is 0 Å². The molecular formula is C16H34Cl5N2O2V. The Morgan fingerprint density at radius 1 is 0.538 bits per heavy atom. The second kappa shape index (κ2) is 45.0. The molecule has 0 spiro atoms. The van der Waals surface area contributed by atoms with Crippen molar-refractivity contribution < 1.29 is 90.2 Å². The number of nitrogens with two attached hydrogens (primary N) is 2. The second-order valence-corrected chi connectivity index (χ2v) is 5.26. The maximum Gasteiger partial charge on any atom is 5.00 e. The van der Waals surface area contributed by atoms with Gasteiger partial charge in [0.2, 0.25) is 11.8 Å². The predicted octanol–water partition coefficient (Wildman–Crippen LogP) is -11.3. The summed E-state index contributed by atoms with van der Waals surface area (Å²) in [6.45, 7) is 4.35. The summed E-state index contributed by atoms with van der Waals surface area (Å²) in [6.07, 6.45) is 12.9. The van der Waals surface area contributed by atoms with Gasteiger partial charge in [0.15, 0.2) is 0 Å². The van der Waals surface area contributed by atoms with Gasteiger partial charge in [-0.15, -0.1) is 0 Å². The molecular weight excluding hydrogens is 480 g/mol. The Morgan fingerprint density at radius 3 is 0.962 bits per heavy atom. The van der Waals surface area contributed by atoms with E-state index in [1.807, 2.05) is 0 Å². The molecule has 10 heteroatoms. The number of carbonyl (C=O) groups excluding carboxylic acids is 2. The van der Waals surface area contributed by atoms with Crippen LogP contribution in [0.4, 0.5) is 0 Å². The normalized spacial score (nSPS) is 7.46. The molecule has 0 aliphatic rings. The Kier molecular flexibility index (Phi) is 87.5. The first kappa shape index (κ1) is 50.5.